The van der Waals surface area contributed by atoms with Crippen molar-refractivity contribution in [1.82, 2.24) is 5.32 Å². The second kappa shape index (κ2) is 9.86. The number of carbonyl (C=O) groups is 2. The van der Waals surface area contributed by atoms with Crippen molar-refractivity contribution in [3.05, 3.63) is 54.1 Å². The molecule has 2 aromatic rings. The summed E-state index contributed by atoms with van der Waals surface area (Å²) in [6, 6.07) is 11.9. The fraction of sp³-hybridized carbons (Fsp3) is 0.200. The van der Waals surface area contributed by atoms with Crippen molar-refractivity contribution in [2.75, 3.05) is 31.4 Å². The van der Waals surface area contributed by atoms with Crippen LogP contribution in [0.5, 0.6) is 11.5 Å². The monoisotopic (exact) mass is 369 g/mol. The third-order valence-electron chi connectivity index (χ3n) is 3.53. The van der Waals surface area contributed by atoms with Crippen molar-refractivity contribution >= 4 is 29.4 Å². The molecule has 0 aliphatic rings. The Morgan fingerprint density at radius 3 is 2.19 bits per heavy atom. The Bertz CT molecular complexity index is 811. The van der Waals surface area contributed by atoms with Gasteiger partial charge < -0.3 is 25.4 Å². The lowest BCUT2D eigenvalue weighted by molar-refractivity contribution is -0.111. The quantitative estimate of drug-likeness (QED) is 0.652. The van der Waals surface area contributed by atoms with E-state index >= 15 is 0 Å². The van der Waals surface area contributed by atoms with Crippen molar-refractivity contribution in [3.8, 4) is 11.5 Å². The molecule has 2 rings (SSSR count). The van der Waals surface area contributed by atoms with Crippen LogP contribution in [0.1, 0.15) is 12.5 Å². The zero-order chi connectivity index (χ0) is 19.6. The third-order valence-corrected chi connectivity index (χ3v) is 3.53. The molecule has 0 spiro atoms. The van der Waals surface area contributed by atoms with Gasteiger partial charge in [-0.1, -0.05) is 6.07 Å². The van der Waals surface area contributed by atoms with E-state index in [0.717, 1.165) is 5.56 Å². The summed E-state index contributed by atoms with van der Waals surface area (Å²) in [5.41, 5.74) is 1.93. The van der Waals surface area contributed by atoms with Crippen LogP contribution in [0.4, 0.5) is 16.2 Å². The number of ether oxygens (including phenoxy) is 2. The molecule has 7 nitrogen and oxygen atoms in total. The van der Waals surface area contributed by atoms with Crippen molar-refractivity contribution in [3.63, 3.8) is 0 Å². The molecule has 0 fully saturated rings. The second-order valence-corrected chi connectivity index (χ2v) is 5.53. The van der Waals surface area contributed by atoms with Crippen LogP contribution in [0, 0.1) is 0 Å². The molecule has 0 atom stereocenters. The van der Waals surface area contributed by atoms with Gasteiger partial charge in [0.15, 0.2) is 0 Å². The average molecular weight is 369 g/mol. The maximum absolute atomic E-state index is 12.2. The first-order valence-corrected chi connectivity index (χ1v) is 8.41. The number of urea groups is 1. The maximum atomic E-state index is 12.2. The van der Waals surface area contributed by atoms with Crippen molar-refractivity contribution in [1.29, 1.82) is 0 Å². The van der Waals surface area contributed by atoms with E-state index in [-0.39, 0.29) is 11.9 Å². The number of rotatable bonds is 7. The number of benzene rings is 2. The predicted molar refractivity (Wildman–Crippen MR) is 106 cm³/mol. The normalized spacial score (nSPS) is 10.3. The first-order valence-electron chi connectivity index (χ1n) is 8.41. The van der Waals surface area contributed by atoms with Crippen LogP contribution < -0.4 is 25.4 Å². The fourth-order valence-corrected chi connectivity index (χ4v) is 2.29. The third kappa shape index (κ3) is 6.39. The van der Waals surface area contributed by atoms with Crippen LogP contribution in [0.15, 0.2) is 48.5 Å². The number of amides is 3. The smallest absolute Gasteiger partial charge is 0.319 e. The van der Waals surface area contributed by atoms with E-state index in [1.165, 1.54) is 6.08 Å². The van der Waals surface area contributed by atoms with E-state index in [1.54, 1.807) is 62.8 Å². The Morgan fingerprint density at radius 1 is 0.963 bits per heavy atom. The summed E-state index contributed by atoms with van der Waals surface area (Å²) in [7, 11) is 3.13. The number of carbonyl (C=O) groups excluding carboxylic acids is 2. The summed E-state index contributed by atoms with van der Waals surface area (Å²) in [5, 5.41) is 8.09. The molecule has 3 amide bonds. The van der Waals surface area contributed by atoms with Crippen LogP contribution in [0.25, 0.3) is 6.08 Å². The molecule has 0 bridgehead atoms. The van der Waals surface area contributed by atoms with Crippen molar-refractivity contribution in [2.45, 2.75) is 6.92 Å². The number of hydrogen-bond donors (Lipinski definition) is 3. The van der Waals surface area contributed by atoms with Gasteiger partial charge in [-0.25, -0.2) is 4.79 Å². The molecule has 2 aromatic carbocycles. The van der Waals surface area contributed by atoms with E-state index in [2.05, 4.69) is 16.0 Å². The van der Waals surface area contributed by atoms with Gasteiger partial charge in [-0.05, 0) is 48.9 Å². The molecule has 0 aliphatic heterocycles. The Balaban J connectivity index is 2.03. The van der Waals surface area contributed by atoms with Gasteiger partial charge in [-0.3, -0.25) is 4.79 Å². The van der Waals surface area contributed by atoms with E-state index in [9.17, 15) is 9.59 Å². The van der Waals surface area contributed by atoms with Gasteiger partial charge in [0, 0.05) is 30.1 Å². The molecule has 0 saturated heterocycles. The summed E-state index contributed by atoms with van der Waals surface area (Å²) in [5.74, 6) is 0.976. The van der Waals surface area contributed by atoms with Gasteiger partial charge in [0.05, 0.1) is 14.2 Å². The molecule has 0 unspecified atom stereocenters. The van der Waals surface area contributed by atoms with Crippen LogP contribution in [-0.2, 0) is 4.79 Å². The standard InChI is InChI=1S/C20H23N3O4/c1-4-21-20(25)23-16-7-5-6-15(12-16)22-19(24)9-8-14-10-17(26-2)13-18(11-14)27-3/h5-13H,4H2,1-3H3,(H,22,24)(H2,21,23,25)/b9-8+. The zero-order valence-corrected chi connectivity index (χ0v) is 15.5. The topological polar surface area (TPSA) is 88.7 Å². The van der Waals surface area contributed by atoms with Gasteiger partial charge in [-0.15, -0.1) is 0 Å². The van der Waals surface area contributed by atoms with Gasteiger partial charge in [-0.2, -0.15) is 0 Å². The molecule has 0 aromatic heterocycles. The number of methoxy groups -OCH3 is 2. The number of hydrogen-bond acceptors (Lipinski definition) is 4. The van der Waals surface area contributed by atoms with E-state index in [0.29, 0.717) is 29.4 Å². The van der Waals surface area contributed by atoms with Gasteiger partial charge in [0.1, 0.15) is 11.5 Å². The highest BCUT2D eigenvalue weighted by Crippen LogP contribution is 2.23. The molecule has 0 aliphatic carbocycles. The SMILES string of the molecule is CCNC(=O)Nc1cccc(NC(=O)/C=C/c2cc(OC)cc(OC)c2)c1. The van der Waals surface area contributed by atoms with E-state index in [4.69, 9.17) is 9.47 Å². The molecule has 0 heterocycles. The van der Waals surface area contributed by atoms with Crippen LogP contribution in [0.3, 0.4) is 0 Å². The predicted octanol–water partition coefficient (Wildman–Crippen LogP) is 3.50. The molecule has 27 heavy (non-hydrogen) atoms. The van der Waals surface area contributed by atoms with Crippen LogP contribution in [0.2, 0.25) is 0 Å². The largest absolute Gasteiger partial charge is 0.497 e. The molecule has 0 radical (unpaired) electrons. The average Bonchev–Trinajstić information content (AvgIpc) is 2.66. The van der Waals surface area contributed by atoms with Gasteiger partial charge >= 0.3 is 6.03 Å². The van der Waals surface area contributed by atoms with Crippen molar-refractivity contribution < 1.29 is 19.1 Å². The Kier molecular flexibility index (Phi) is 7.25. The molecule has 0 saturated carbocycles. The molecule has 7 heteroatoms. The van der Waals surface area contributed by atoms with E-state index < -0.39 is 0 Å². The highest BCUT2D eigenvalue weighted by atomic mass is 16.5. The van der Waals surface area contributed by atoms with E-state index in [1.807, 2.05) is 6.92 Å². The number of nitrogens with one attached hydrogen (secondary N) is 3. The summed E-state index contributed by atoms with van der Waals surface area (Å²) in [6.07, 6.45) is 3.08. The van der Waals surface area contributed by atoms with Gasteiger partial charge in [0.25, 0.3) is 0 Å². The summed E-state index contributed by atoms with van der Waals surface area (Å²) in [6.45, 7) is 2.36. The molecular weight excluding hydrogens is 346 g/mol. The lowest BCUT2D eigenvalue weighted by Gasteiger charge is -2.08. The lowest BCUT2D eigenvalue weighted by Crippen LogP contribution is -2.28. The second-order valence-electron chi connectivity index (χ2n) is 5.53. The molecule has 142 valence electrons. The Labute approximate surface area is 158 Å². The lowest BCUT2D eigenvalue weighted by atomic mass is 10.2. The highest BCUT2D eigenvalue weighted by Gasteiger charge is 2.04. The van der Waals surface area contributed by atoms with Crippen molar-refractivity contribution in [2.24, 2.45) is 0 Å². The molecule has 3 N–H and O–H groups in total. The highest BCUT2D eigenvalue weighted by molar-refractivity contribution is 6.02. The first-order chi connectivity index (χ1) is 13.0. The van der Waals surface area contributed by atoms with Crippen LogP contribution in [-0.4, -0.2) is 32.7 Å². The Morgan fingerprint density at radius 2 is 1.59 bits per heavy atom. The fourth-order valence-electron chi connectivity index (χ4n) is 2.29. The number of anilines is 2. The Hall–Kier alpha value is -3.48. The first kappa shape index (κ1) is 19.8. The maximum Gasteiger partial charge on any atom is 0.319 e. The summed E-state index contributed by atoms with van der Waals surface area (Å²) >= 11 is 0. The minimum atomic E-state index is -0.299. The van der Waals surface area contributed by atoms with Crippen LogP contribution >= 0.6 is 0 Å². The summed E-state index contributed by atoms with van der Waals surface area (Å²) < 4.78 is 10.4. The zero-order valence-electron chi connectivity index (χ0n) is 15.5. The van der Waals surface area contributed by atoms with Gasteiger partial charge in [0.2, 0.25) is 5.91 Å². The molecular formula is C20H23N3O4. The minimum Gasteiger partial charge on any atom is -0.497 e. The minimum absolute atomic E-state index is 0.298. The summed E-state index contributed by atoms with van der Waals surface area (Å²) in [4.78, 5) is 23.7.